The normalized spacial score (nSPS) is 16.3. The first-order chi connectivity index (χ1) is 8.14. The first kappa shape index (κ1) is 15.3. The molecule has 0 spiro atoms. The molecule has 0 radical (unpaired) electrons. The van der Waals surface area contributed by atoms with Crippen LogP contribution in [0, 0.1) is 0 Å². The second-order valence-electron chi connectivity index (χ2n) is 4.50. The van der Waals surface area contributed by atoms with Crippen molar-refractivity contribution in [3.05, 3.63) is 0 Å². The molecule has 0 aliphatic heterocycles. The Morgan fingerprint density at radius 1 is 1.18 bits per heavy atom. The molecule has 0 aromatic rings. The Hall–Kier alpha value is 0.220. The fourth-order valence-electron chi connectivity index (χ4n) is 1.53. The van der Waals surface area contributed by atoms with Crippen molar-refractivity contribution in [2.24, 2.45) is 0 Å². The van der Waals surface area contributed by atoms with Gasteiger partial charge in [0, 0.05) is 12.6 Å². The zero-order valence-corrected chi connectivity index (χ0v) is 12.2. The van der Waals surface area contributed by atoms with E-state index in [2.05, 4.69) is 16.3 Å². The van der Waals surface area contributed by atoms with Gasteiger partial charge in [-0.25, -0.2) is 13.1 Å². The number of hydrogen-bond donors (Lipinski definition) is 2. The van der Waals surface area contributed by atoms with Crippen LogP contribution in [0.15, 0.2) is 0 Å². The van der Waals surface area contributed by atoms with Crippen LogP contribution in [-0.4, -0.2) is 45.3 Å². The summed E-state index contributed by atoms with van der Waals surface area (Å²) in [5.74, 6) is 1.35. The van der Waals surface area contributed by atoms with Crippen LogP contribution in [0.1, 0.15) is 32.1 Å². The van der Waals surface area contributed by atoms with Crippen LogP contribution in [0.3, 0.4) is 0 Å². The van der Waals surface area contributed by atoms with Crippen LogP contribution in [0.5, 0.6) is 0 Å². The molecule has 1 saturated carbocycles. The van der Waals surface area contributed by atoms with Gasteiger partial charge in [0.05, 0.1) is 5.75 Å². The summed E-state index contributed by atoms with van der Waals surface area (Å²) in [7, 11) is -3.04. The SMILES string of the molecule is CSCCCCNS(=O)(=O)CCCNC1CC1. The topological polar surface area (TPSA) is 58.2 Å². The summed E-state index contributed by atoms with van der Waals surface area (Å²) in [5.41, 5.74) is 0. The van der Waals surface area contributed by atoms with E-state index in [0.717, 1.165) is 25.1 Å². The predicted molar refractivity (Wildman–Crippen MR) is 75.0 cm³/mol. The summed E-state index contributed by atoms with van der Waals surface area (Å²) in [5, 5.41) is 3.32. The average Bonchev–Trinajstić information content (AvgIpc) is 3.08. The molecule has 0 atom stereocenters. The van der Waals surface area contributed by atoms with Crippen LogP contribution in [0.25, 0.3) is 0 Å². The van der Waals surface area contributed by atoms with Crippen LogP contribution < -0.4 is 10.0 Å². The molecule has 0 heterocycles. The van der Waals surface area contributed by atoms with E-state index in [1.165, 1.54) is 12.8 Å². The van der Waals surface area contributed by atoms with E-state index >= 15 is 0 Å². The molecule has 1 aliphatic carbocycles. The number of rotatable bonds is 11. The molecule has 0 saturated heterocycles. The highest BCUT2D eigenvalue weighted by Gasteiger charge is 2.20. The van der Waals surface area contributed by atoms with E-state index in [-0.39, 0.29) is 5.75 Å². The molecule has 4 nitrogen and oxygen atoms in total. The van der Waals surface area contributed by atoms with Crippen molar-refractivity contribution >= 4 is 21.8 Å². The maximum absolute atomic E-state index is 11.6. The molecule has 1 fully saturated rings. The summed E-state index contributed by atoms with van der Waals surface area (Å²) in [6.07, 6.45) is 7.28. The van der Waals surface area contributed by atoms with Gasteiger partial charge in [0.2, 0.25) is 10.0 Å². The minimum atomic E-state index is -3.04. The van der Waals surface area contributed by atoms with Crippen molar-refractivity contribution in [2.45, 2.75) is 38.1 Å². The van der Waals surface area contributed by atoms with Crippen molar-refractivity contribution in [3.8, 4) is 0 Å². The van der Waals surface area contributed by atoms with Gasteiger partial charge in [-0.15, -0.1) is 0 Å². The molecular formula is C11H24N2O2S2. The lowest BCUT2D eigenvalue weighted by Gasteiger charge is -2.06. The van der Waals surface area contributed by atoms with Crippen molar-refractivity contribution < 1.29 is 8.42 Å². The maximum atomic E-state index is 11.6. The fourth-order valence-corrected chi connectivity index (χ4v) is 3.14. The van der Waals surface area contributed by atoms with Gasteiger partial charge in [-0.1, -0.05) is 0 Å². The Bertz CT molecular complexity index is 290. The number of sulfonamides is 1. The highest BCUT2D eigenvalue weighted by Crippen LogP contribution is 2.18. The van der Waals surface area contributed by atoms with Gasteiger partial charge >= 0.3 is 0 Å². The molecule has 0 amide bonds. The van der Waals surface area contributed by atoms with Crippen LogP contribution >= 0.6 is 11.8 Å². The van der Waals surface area contributed by atoms with Gasteiger partial charge in [0.25, 0.3) is 0 Å². The number of unbranched alkanes of at least 4 members (excludes halogenated alkanes) is 1. The van der Waals surface area contributed by atoms with Gasteiger partial charge in [-0.2, -0.15) is 11.8 Å². The van der Waals surface area contributed by atoms with Crippen molar-refractivity contribution in [3.63, 3.8) is 0 Å². The van der Waals surface area contributed by atoms with Gasteiger partial charge in [-0.3, -0.25) is 0 Å². The zero-order chi connectivity index (χ0) is 12.6. The molecule has 0 bridgehead atoms. The minimum absolute atomic E-state index is 0.245. The van der Waals surface area contributed by atoms with Crippen molar-refractivity contribution in [1.82, 2.24) is 10.0 Å². The van der Waals surface area contributed by atoms with Crippen LogP contribution in [0.2, 0.25) is 0 Å². The van der Waals surface area contributed by atoms with E-state index < -0.39 is 10.0 Å². The first-order valence-corrected chi connectivity index (χ1v) is 9.38. The van der Waals surface area contributed by atoms with Crippen LogP contribution in [-0.2, 0) is 10.0 Å². The summed E-state index contributed by atoms with van der Waals surface area (Å²) in [6, 6.07) is 0.664. The highest BCUT2D eigenvalue weighted by atomic mass is 32.2. The third kappa shape index (κ3) is 8.88. The van der Waals surface area contributed by atoms with Gasteiger partial charge in [-0.05, 0) is 50.7 Å². The molecule has 17 heavy (non-hydrogen) atoms. The molecule has 6 heteroatoms. The lowest BCUT2D eigenvalue weighted by atomic mass is 10.3. The van der Waals surface area contributed by atoms with Gasteiger partial charge in [0.1, 0.15) is 0 Å². The molecular weight excluding hydrogens is 256 g/mol. The molecule has 0 aromatic heterocycles. The minimum Gasteiger partial charge on any atom is -0.314 e. The van der Waals surface area contributed by atoms with Crippen molar-refractivity contribution in [2.75, 3.05) is 30.9 Å². The average molecular weight is 280 g/mol. The molecule has 0 unspecified atom stereocenters. The Morgan fingerprint density at radius 3 is 2.59 bits per heavy atom. The predicted octanol–water partition coefficient (Wildman–Crippen LogP) is 1.19. The van der Waals surface area contributed by atoms with E-state index in [9.17, 15) is 8.42 Å². The van der Waals surface area contributed by atoms with E-state index in [0.29, 0.717) is 19.0 Å². The lowest BCUT2D eigenvalue weighted by molar-refractivity contribution is 0.572. The Labute approximate surface area is 109 Å². The summed E-state index contributed by atoms with van der Waals surface area (Å²) in [6.45, 7) is 1.40. The Kier molecular flexibility index (Phi) is 7.50. The monoisotopic (exact) mass is 280 g/mol. The fraction of sp³-hybridized carbons (Fsp3) is 1.00. The van der Waals surface area contributed by atoms with Gasteiger partial charge < -0.3 is 5.32 Å². The van der Waals surface area contributed by atoms with Crippen LogP contribution in [0.4, 0.5) is 0 Å². The quantitative estimate of drug-likeness (QED) is 0.558. The number of hydrogen-bond acceptors (Lipinski definition) is 4. The molecule has 1 aliphatic rings. The Balaban J connectivity index is 1.95. The van der Waals surface area contributed by atoms with E-state index in [1.54, 1.807) is 11.8 Å². The summed E-state index contributed by atoms with van der Waals surface area (Å²) in [4.78, 5) is 0. The van der Waals surface area contributed by atoms with Gasteiger partial charge in [0.15, 0.2) is 0 Å². The first-order valence-electron chi connectivity index (χ1n) is 6.34. The number of thioether (sulfide) groups is 1. The number of nitrogens with one attached hydrogen (secondary N) is 2. The maximum Gasteiger partial charge on any atom is 0.211 e. The van der Waals surface area contributed by atoms with E-state index in [4.69, 9.17) is 0 Å². The highest BCUT2D eigenvalue weighted by molar-refractivity contribution is 7.98. The summed E-state index contributed by atoms with van der Waals surface area (Å²) >= 11 is 1.80. The van der Waals surface area contributed by atoms with E-state index in [1.807, 2.05) is 0 Å². The smallest absolute Gasteiger partial charge is 0.211 e. The largest absolute Gasteiger partial charge is 0.314 e. The third-order valence-electron chi connectivity index (χ3n) is 2.70. The lowest BCUT2D eigenvalue weighted by Crippen LogP contribution is -2.29. The molecule has 1 rings (SSSR count). The standard InChI is InChI=1S/C11H24N2O2S2/c1-16-9-3-2-8-13-17(14,15)10-4-7-12-11-5-6-11/h11-13H,2-10H2,1H3. The zero-order valence-electron chi connectivity index (χ0n) is 10.6. The molecule has 0 aromatic carbocycles. The molecule has 102 valence electrons. The third-order valence-corrected chi connectivity index (χ3v) is 4.86. The second-order valence-corrected chi connectivity index (χ2v) is 7.41. The summed E-state index contributed by atoms with van der Waals surface area (Å²) < 4.78 is 25.8. The molecule has 2 N–H and O–H groups in total. The van der Waals surface area contributed by atoms with Crippen molar-refractivity contribution in [1.29, 1.82) is 0 Å². The Morgan fingerprint density at radius 2 is 1.94 bits per heavy atom. The second kappa shape index (κ2) is 8.34.